The molecule has 0 radical (unpaired) electrons. The van der Waals surface area contributed by atoms with Crippen LogP contribution in [0.15, 0.2) is 36.2 Å². The molecule has 1 fully saturated rings. The Kier molecular flexibility index (Phi) is 7.29. The normalized spacial score (nSPS) is 15.2. The molecule has 29 heavy (non-hydrogen) atoms. The molecule has 2 heterocycles. The second-order valence-corrected chi connectivity index (χ2v) is 8.54. The SMILES string of the molecule is C=CCN(C(=O)CN1CCC(C(N)=O)CC1)c1nc(-c2ccc(Cl)c(Cl)c2)cs1. The van der Waals surface area contributed by atoms with E-state index in [1.54, 1.807) is 23.1 Å². The fraction of sp³-hybridized carbons (Fsp3) is 0.350. The molecule has 154 valence electrons. The van der Waals surface area contributed by atoms with Crippen molar-refractivity contribution in [3.8, 4) is 11.3 Å². The molecule has 1 aliphatic heterocycles. The van der Waals surface area contributed by atoms with E-state index in [2.05, 4.69) is 11.6 Å². The summed E-state index contributed by atoms with van der Waals surface area (Å²) in [6.45, 7) is 5.74. The zero-order valence-corrected chi connectivity index (χ0v) is 18.1. The summed E-state index contributed by atoms with van der Waals surface area (Å²) in [6.07, 6.45) is 3.04. The van der Waals surface area contributed by atoms with Gasteiger partial charge in [0, 0.05) is 23.4 Å². The van der Waals surface area contributed by atoms with Gasteiger partial charge in [-0.2, -0.15) is 0 Å². The van der Waals surface area contributed by atoms with E-state index >= 15 is 0 Å². The molecule has 0 saturated carbocycles. The Morgan fingerprint density at radius 3 is 2.66 bits per heavy atom. The number of nitrogens with two attached hydrogens (primary N) is 1. The van der Waals surface area contributed by atoms with Crippen LogP contribution in [0.4, 0.5) is 5.13 Å². The lowest BCUT2D eigenvalue weighted by Crippen LogP contribution is -2.45. The number of hydrogen-bond acceptors (Lipinski definition) is 5. The standard InChI is InChI=1S/C20H22Cl2N4O2S/c1-2-7-26(18(27)11-25-8-5-13(6-9-25)19(23)28)20-24-17(12-29-20)14-3-4-15(21)16(22)10-14/h2-4,10,12-13H,1,5-9,11H2,(H2,23,28). The highest BCUT2D eigenvalue weighted by atomic mass is 35.5. The van der Waals surface area contributed by atoms with Crippen molar-refractivity contribution in [3.63, 3.8) is 0 Å². The first kappa shape index (κ1) is 21.8. The first-order valence-corrected chi connectivity index (χ1v) is 10.9. The molecule has 2 amide bonds. The van der Waals surface area contributed by atoms with E-state index in [0.29, 0.717) is 47.7 Å². The maximum Gasteiger partial charge on any atom is 0.243 e. The zero-order chi connectivity index (χ0) is 21.0. The van der Waals surface area contributed by atoms with Gasteiger partial charge in [0.2, 0.25) is 11.8 Å². The lowest BCUT2D eigenvalue weighted by atomic mass is 9.96. The van der Waals surface area contributed by atoms with Crippen LogP contribution in [0.1, 0.15) is 12.8 Å². The third-order valence-electron chi connectivity index (χ3n) is 4.90. The van der Waals surface area contributed by atoms with Crippen LogP contribution in [-0.4, -0.2) is 47.9 Å². The molecule has 1 aromatic carbocycles. The fourth-order valence-corrected chi connectivity index (χ4v) is 4.40. The average molecular weight is 453 g/mol. The van der Waals surface area contributed by atoms with Crippen LogP contribution < -0.4 is 10.6 Å². The summed E-state index contributed by atoms with van der Waals surface area (Å²) in [5.74, 6) is -0.419. The molecule has 1 aromatic heterocycles. The molecule has 0 bridgehead atoms. The van der Waals surface area contributed by atoms with Crippen LogP contribution in [0.25, 0.3) is 11.3 Å². The molecule has 0 aliphatic carbocycles. The van der Waals surface area contributed by atoms with Crippen molar-refractivity contribution in [2.45, 2.75) is 12.8 Å². The van der Waals surface area contributed by atoms with Crippen LogP contribution in [0.2, 0.25) is 10.0 Å². The molecule has 3 rings (SSSR count). The minimum atomic E-state index is -0.262. The minimum Gasteiger partial charge on any atom is -0.369 e. The summed E-state index contributed by atoms with van der Waals surface area (Å²) in [5.41, 5.74) is 6.94. The summed E-state index contributed by atoms with van der Waals surface area (Å²) in [7, 11) is 0. The Morgan fingerprint density at radius 1 is 1.31 bits per heavy atom. The van der Waals surface area contributed by atoms with Gasteiger partial charge in [-0.3, -0.25) is 19.4 Å². The topological polar surface area (TPSA) is 79.5 Å². The van der Waals surface area contributed by atoms with Crippen LogP contribution >= 0.6 is 34.5 Å². The number of rotatable bonds is 7. The highest BCUT2D eigenvalue weighted by Gasteiger charge is 2.26. The Labute approximate surface area is 183 Å². The van der Waals surface area contributed by atoms with Crippen LogP contribution in [-0.2, 0) is 9.59 Å². The second-order valence-electron chi connectivity index (χ2n) is 6.89. The monoisotopic (exact) mass is 452 g/mol. The molecule has 1 aliphatic rings. The number of amides is 2. The number of aromatic nitrogens is 1. The number of likely N-dealkylation sites (tertiary alicyclic amines) is 1. The van der Waals surface area contributed by atoms with E-state index in [1.807, 2.05) is 16.3 Å². The Morgan fingerprint density at radius 2 is 2.03 bits per heavy atom. The first-order chi connectivity index (χ1) is 13.9. The Bertz CT molecular complexity index is 910. The van der Waals surface area contributed by atoms with Gasteiger partial charge in [-0.15, -0.1) is 17.9 Å². The van der Waals surface area contributed by atoms with Gasteiger partial charge in [0.15, 0.2) is 5.13 Å². The van der Waals surface area contributed by atoms with Crippen molar-refractivity contribution >= 4 is 51.5 Å². The number of benzene rings is 1. The summed E-state index contributed by atoms with van der Waals surface area (Å²) in [4.78, 5) is 32.5. The summed E-state index contributed by atoms with van der Waals surface area (Å²) < 4.78 is 0. The zero-order valence-electron chi connectivity index (χ0n) is 15.8. The first-order valence-electron chi connectivity index (χ1n) is 9.23. The molecular formula is C20H22Cl2N4O2S. The number of nitrogens with zero attached hydrogens (tertiary/aromatic N) is 3. The predicted molar refractivity (Wildman–Crippen MR) is 118 cm³/mol. The Balaban J connectivity index is 1.70. The number of carbonyl (C=O) groups excluding carboxylic acids is 2. The van der Waals surface area contributed by atoms with Crippen molar-refractivity contribution in [1.82, 2.24) is 9.88 Å². The highest BCUT2D eigenvalue weighted by Crippen LogP contribution is 2.32. The van der Waals surface area contributed by atoms with Crippen LogP contribution in [0.5, 0.6) is 0 Å². The van der Waals surface area contributed by atoms with Gasteiger partial charge >= 0.3 is 0 Å². The van der Waals surface area contributed by atoms with Gasteiger partial charge in [0.05, 0.1) is 22.3 Å². The molecule has 0 unspecified atom stereocenters. The van der Waals surface area contributed by atoms with Gasteiger partial charge in [0.1, 0.15) is 0 Å². The average Bonchev–Trinajstić information content (AvgIpc) is 3.18. The van der Waals surface area contributed by atoms with E-state index in [1.165, 1.54) is 11.3 Å². The van der Waals surface area contributed by atoms with E-state index in [9.17, 15) is 9.59 Å². The summed E-state index contributed by atoms with van der Waals surface area (Å²) >= 11 is 13.5. The molecule has 2 N–H and O–H groups in total. The van der Waals surface area contributed by atoms with Gasteiger partial charge in [-0.25, -0.2) is 4.98 Å². The quantitative estimate of drug-likeness (QED) is 0.647. The molecule has 2 aromatic rings. The molecule has 9 heteroatoms. The largest absolute Gasteiger partial charge is 0.369 e. The lowest BCUT2D eigenvalue weighted by Gasteiger charge is -2.31. The van der Waals surface area contributed by atoms with Crippen molar-refractivity contribution in [1.29, 1.82) is 0 Å². The third-order valence-corrected chi connectivity index (χ3v) is 6.50. The Hall–Kier alpha value is -1.93. The number of carbonyl (C=O) groups is 2. The number of thiazole rings is 1. The molecular weight excluding hydrogens is 431 g/mol. The van der Waals surface area contributed by atoms with Crippen molar-refractivity contribution in [2.24, 2.45) is 11.7 Å². The van der Waals surface area contributed by atoms with Crippen LogP contribution in [0, 0.1) is 5.92 Å². The predicted octanol–water partition coefficient (Wildman–Crippen LogP) is 3.83. The van der Waals surface area contributed by atoms with Gasteiger partial charge in [-0.1, -0.05) is 35.3 Å². The number of primary amides is 1. The van der Waals surface area contributed by atoms with Crippen molar-refractivity contribution in [3.05, 3.63) is 46.3 Å². The maximum absolute atomic E-state index is 12.9. The fourth-order valence-electron chi connectivity index (χ4n) is 3.24. The van der Waals surface area contributed by atoms with Crippen molar-refractivity contribution < 1.29 is 9.59 Å². The van der Waals surface area contributed by atoms with E-state index < -0.39 is 0 Å². The second kappa shape index (κ2) is 9.71. The number of anilines is 1. The van der Waals surface area contributed by atoms with E-state index in [4.69, 9.17) is 28.9 Å². The van der Waals surface area contributed by atoms with Crippen LogP contribution in [0.3, 0.4) is 0 Å². The van der Waals surface area contributed by atoms with E-state index in [0.717, 1.165) is 11.3 Å². The molecule has 0 atom stereocenters. The van der Waals surface area contributed by atoms with Crippen molar-refractivity contribution in [2.75, 3.05) is 31.1 Å². The van der Waals surface area contributed by atoms with E-state index in [-0.39, 0.29) is 24.3 Å². The maximum atomic E-state index is 12.9. The minimum absolute atomic E-state index is 0.0579. The third kappa shape index (κ3) is 5.36. The molecule has 1 saturated heterocycles. The number of halogens is 2. The molecule has 0 spiro atoms. The lowest BCUT2D eigenvalue weighted by molar-refractivity contribution is -0.123. The number of hydrogen-bond donors (Lipinski definition) is 1. The summed E-state index contributed by atoms with van der Waals surface area (Å²) in [5, 5.41) is 3.42. The van der Waals surface area contributed by atoms with Gasteiger partial charge < -0.3 is 5.73 Å². The smallest absolute Gasteiger partial charge is 0.243 e. The highest BCUT2D eigenvalue weighted by molar-refractivity contribution is 7.14. The summed E-state index contributed by atoms with van der Waals surface area (Å²) in [6, 6.07) is 5.32. The van der Waals surface area contributed by atoms with Gasteiger partial charge in [0.25, 0.3) is 0 Å². The molecule has 6 nitrogen and oxygen atoms in total. The number of piperidine rings is 1. The van der Waals surface area contributed by atoms with Gasteiger partial charge in [-0.05, 0) is 38.1 Å².